The van der Waals surface area contributed by atoms with Gasteiger partial charge in [-0.05, 0) is 0 Å². The summed E-state index contributed by atoms with van der Waals surface area (Å²) in [6.07, 6.45) is 0. The van der Waals surface area contributed by atoms with Crippen LogP contribution in [0.3, 0.4) is 0 Å². The van der Waals surface area contributed by atoms with Crippen LogP contribution in [0, 0.1) is 0 Å². The zero-order valence-electron chi connectivity index (χ0n) is 6.80. The van der Waals surface area contributed by atoms with E-state index >= 15 is 0 Å². The summed E-state index contributed by atoms with van der Waals surface area (Å²) in [7, 11) is 0. The second-order valence-corrected chi connectivity index (χ2v) is 4.99. The van der Waals surface area contributed by atoms with Gasteiger partial charge in [0.15, 0.2) is 0 Å². The van der Waals surface area contributed by atoms with Gasteiger partial charge in [0.1, 0.15) is 0 Å². The number of esters is 1. The molecule has 0 aliphatic heterocycles. The monoisotopic (exact) mass is 318 g/mol. The molecule has 0 atom stereocenters. The van der Waals surface area contributed by atoms with Crippen molar-refractivity contribution in [2.75, 3.05) is 0 Å². The molecule has 0 aliphatic rings. The number of rotatable bonds is 1. The maximum atomic E-state index is 10.7. The summed E-state index contributed by atoms with van der Waals surface area (Å²) in [5, 5.41) is 1.00. The van der Waals surface area contributed by atoms with Crippen LogP contribution in [0.5, 0.6) is 5.75 Å². The molecule has 0 N–H and O–H groups in total. The van der Waals surface area contributed by atoms with Crippen molar-refractivity contribution in [1.29, 1.82) is 0 Å². The van der Waals surface area contributed by atoms with Crippen LogP contribution in [0.1, 0.15) is 6.92 Å². The Labute approximate surface area is 101 Å². The van der Waals surface area contributed by atoms with E-state index in [4.69, 9.17) is 27.9 Å². The Morgan fingerprint density at radius 2 is 2.08 bits per heavy atom. The molecule has 0 amide bonds. The van der Waals surface area contributed by atoms with Crippen LogP contribution in [-0.4, -0.2) is 30.3 Å². The van der Waals surface area contributed by atoms with Crippen molar-refractivity contribution < 1.29 is 9.53 Å². The molecule has 0 fully saturated rings. The molecule has 0 unspecified atom stereocenters. The summed E-state index contributed by atoms with van der Waals surface area (Å²) < 4.78 is 5.78. The Kier molecular flexibility index (Phi) is 3.95. The third-order valence-electron chi connectivity index (χ3n) is 1.29. The van der Waals surface area contributed by atoms with E-state index in [9.17, 15) is 4.79 Å². The summed E-state index contributed by atoms with van der Waals surface area (Å²) in [5.41, 5.74) is 0. The molecule has 0 aliphatic carbocycles. The number of hydrogen-bond donors (Lipinski definition) is 0. The first-order valence-corrected chi connectivity index (χ1v) is 5.84. The van der Waals surface area contributed by atoms with Gasteiger partial charge >= 0.3 is 101 Å². The fourth-order valence-corrected chi connectivity index (χ4v) is 2.40. The molecule has 1 aromatic rings. The molecular weight excluding hydrogens is 314 g/mol. The van der Waals surface area contributed by atoms with Crippen LogP contribution in [0.25, 0.3) is 0 Å². The van der Waals surface area contributed by atoms with E-state index in [1.807, 2.05) is 0 Å². The van der Waals surface area contributed by atoms with Gasteiger partial charge in [0.25, 0.3) is 0 Å². The van der Waals surface area contributed by atoms with Crippen LogP contribution < -0.4 is 8.06 Å². The van der Waals surface area contributed by atoms with Gasteiger partial charge in [0.2, 0.25) is 0 Å². The molecule has 66 valence electrons. The van der Waals surface area contributed by atoms with Gasteiger partial charge < -0.3 is 0 Å². The van der Waals surface area contributed by atoms with E-state index in [-0.39, 0.29) is 0 Å². The Bertz CT molecular complexity index is 352. The summed E-state index contributed by atoms with van der Waals surface area (Å²) in [6.45, 7) is 1.32. The molecule has 0 heterocycles. The minimum atomic E-state index is -0.399. The molecule has 0 saturated carbocycles. The number of carbonyl (C=O) groups excluding carboxylic acids is 1. The molecule has 5 heteroatoms. The van der Waals surface area contributed by atoms with Gasteiger partial charge in [0, 0.05) is 0 Å². The topological polar surface area (TPSA) is 26.3 Å². The van der Waals surface area contributed by atoms with Crippen molar-refractivity contribution >= 4 is 56.9 Å². The van der Waals surface area contributed by atoms with Crippen molar-refractivity contribution in [3.05, 3.63) is 22.2 Å². The minimum absolute atomic E-state index is 0.337. The molecular formula is C8H5Cl2InO2. The second-order valence-electron chi connectivity index (χ2n) is 2.40. The zero-order chi connectivity index (χ0) is 10.0. The summed E-state index contributed by atoms with van der Waals surface area (Å²) in [5.74, 6) is -0.0616. The third kappa shape index (κ3) is 3.08. The molecule has 2 radical (unpaired) electrons. The van der Waals surface area contributed by atoms with E-state index in [1.165, 1.54) is 13.0 Å². The van der Waals surface area contributed by atoms with E-state index in [0.717, 1.165) is 27.7 Å². The molecule has 13 heavy (non-hydrogen) atoms. The van der Waals surface area contributed by atoms with Crippen LogP contribution in [0.4, 0.5) is 0 Å². The quantitative estimate of drug-likeness (QED) is 0.582. The summed E-state index contributed by atoms with van der Waals surface area (Å²) >= 11 is 12.5. The van der Waals surface area contributed by atoms with Gasteiger partial charge in [-0.25, -0.2) is 0 Å². The first-order valence-electron chi connectivity index (χ1n) is 3.43. The number of halogens is 2. The normalized spacial score (nSPS) is 9.77. The molecule has 0 saturated heterocycles. The van der Waals surface area contributed by atoms with Gasteiger partial charge in [-0.3, -0.25) is 0 Å². The van der Waals surface area contributed by atoms with Crippen molar-refractivity contribution in [3.63, 3.8) is 0 Å². The van der Waals surface area contributed by atoms with E-state index in [0.29, 0.717) is 15.8 Å². The van der Waals surface area contributed by atoms with Crippen molar-refractivity contribution in [2.45, 2.75) is 6.92 Å². The Hall–Kier alpha value is 0.140. The van der Waals surface area contributed by atoms with Crippen molar-refractivity contribution in [3.8, 4) is 5.75 Å². The molecule has 1 rings (SSSR count). The van der Waals surface area contributed by atoms with Crippen LogP contribution >= 0.6 is 23.2 Å². The molecule has 1 aromatic carbocycles. The summed E-state index contributed by atoms with van der Waals surface area (Å²) in [4.78, 5) is 10.7. The SMILES string of the molecule is CC(=O)Oc1cc(Cl)c[c]([In])c1Cl. The van der Waals surface area contributed by atoms with Crippen LogP contribution in [-0.2, 0) is 4.79 Å². The summed E-state index contributed by atoms with van der Waals surface area (Å²) in [6, 6.07) is 3.30. The fourth-order valence-electron chi connectivity index (χ4n) is 0.814. The first kappa shape index (κ1) is 11.2. The number of benzene rings is 1. The maximum absolute atomic E-state index is 10.7. The van der Waals surface area contributed by atoms with Crippen molar-refractivity contribution in [1.82, 2.24) is 0 Å². The first-order chi connectivity index (χ1) is 6.00. The zero-order valence-corrected chi connectivity index (χ0v) is 11.6. The molecule has 0 bridgehead atoms. The average molecular weight is 319 g/mol. The standard InChI is InChI=1S/C8H5Cl2O2.In/c1-5(11)12-8-4-6(9)2-3-7(8)10;/h2,4H,1H3;. The average Bonchev–Trinajstić information content (AvgIpc) is 1.98. The predicted molar refractivity (Wildman–Crippen MR) is 53.2 cm³/mol. The van der Waals surface area contributed by atoms with Gasteiger partial charge in [0.05, 0.1) is 0 Å². The molecule has 0 spiro atoms. The predicted octanol–water partition coefficient (Wildman–Crippen LogP) is 1.71. The van der Waals surface area contributed by atoms with Gasteiger partial charge in [-0.15, -0.1) is 0 Å². The Morgan fingerprint density at radius 3 is 2.62 bits per heavy atom. The Balaban J connectivity index is 3.12. The number of ether oxygens (including phenoxy) is 1. The van der Waals surface area contributed by atoms with E-state index < -0.39 is 5.97 Å². The fraction of sp³-hybridized carbons (Fsp3) is 0.125. The van der Waals surface area contributed by atoms with Crippen molar-refractivity contribution in [2.24, 2.45) is 0 Å². The molecule has 2 nitrogen and oxygen atoms in total. The van der Waals surface area contributed by atoms with E-state index in [1.54, 1.807) is 6.07 Å². The second kappa shape index (κ2) is 4.58. The van der Waals surface area contributed by atoms with E-state index in [2.05, 4.69) is 0 Å². The van der Waals surface area contributed by atoms with Gasteiger partial charge in [-0.2, -0.15) is 0 Å². The number of carbonyl (C=O) groups is 1. The van der Waals surface area contributed by atoms with Crippen LogP contribution in [0.2, 0.25) is 10.0 Å². The Morgan fingerprint density at radius 1 is 1.46 bits per heavy atom. The van der Waals surface area contributed by atoms with Crippen LogP contribution in [0.15, 0.2) is 12.1 Å². The third-order valence-corrected chi connectivity index (χ3v) is 3.73. The van der Waals surface area contributed by atoms with Gasteiger partial charge in [-0.1, -0.05) is 0 Å². The number of hydrogen-bond acceptors (Lipinski definition) is 2. The molecule has 0 aromatic heterocycles.